The standard InChI is InChI=1S/C10H14O5.C7H7N3/c1-5-7(11)9(13)10(15-5)8(12)6-3-2-4-14-6;1-5-6-2-3-8-7(6)10-4-9-5/h2-5,7-13H,1H3;2-4H,1H3,(H,8,9,10)/t5-,7-,8-,9-,10+;/m0./s1. The molecule has 1 fully saturated rings. The Morgan fingerprint density at radius 2 is 2.00 bits per heavy atom. The zero-order chi connectivity index (χ0) is 18.0. The molecule has 4 heterocycles. The van der Waals surface area contributed by atoms with Crippen LogP contribution in [0.5, 0.6) is 0 Å². The lowest BCUT2D eigenvalue weighted by atomic mass is 10.0. The van der Waals surface area contributed by atoms with E-state index in [-0.39, 0.29) is 0 Å². The van der Waals surface area contributed by atoms with Crippen molar-refractivity contribution < 1.29 is 24.5 Å². The summed E-state index contributed by atoms with van der Waals surface area (Å²) in [4.78, 5) is 11.1. The molecule has 0 spiro atoms. The van der Waals surface area contributed by atoms with Crippen molar-refractivity contribution in [2.24, 2.45) is 0 Å². The summed E-state index contributed by atoms with van der Waals surface area (Å²) < 4.78 is 10.3. The van der Waals surface area contributed by atoms with E-state index in [1.165, 1.54) is 6.26 Å². The number of aromatic nitrogens is 3. The van der Waals surface area contributed by atoms with E-state index in [0.29, 0.717) is 5.76 Å². The highest BCUT2D eigenvalue weighted by Gasteiger charge is 2.44. The van der Waals surface area contributed by atoms with E-state index in [9.17, 15) is 15.3 Å². The van der Waals surface area contributed by atoms with Crippen LogP contribution in [0.2, 0.25) is 0 Å². The van der Waals surface area contributed by atoms with Gasteiger partial charge < -0.3 is 29.5 Å². The van der Waals surface area contributed by atoms with Crippen LogP contribution in [-0.4, -0.2) is 54.7 Å². The molecule has 1 saturated heterocycles. The third-order valence-corrected chi connectivity index (χ3v) is 4.24. The number of aromatic amines is 1. The van der Waals surface area contributed by atoms with Gasteiger partial charge in [0.05, 0.1) is 18.1 Å². The second-order valence-corrected chi connectivity index (χ2v) is 5.95. The van der Waals surface area contributed by atoms with Gasteiger partial charge in [-0.05, 0) is 32.0 Å². The molecule has 4 rings (SSSR count). The first kappa shape index (κ1) is 17.6. The summed E-state index contributed by atoms with van der Waals surface area (Å²) >= 11 is 0. The lowest BCUT2D eigenvalue weighted by Gasteiger charge is -2.19. The second-order valence-electron chi connectivity index (χ2n) is 5.95. The number of fused-ring (bicyclic) bond motifs is 1. The summed E-state index contributed by atoms with van der Waals surface area (Å²) in [5.74, 6) is 0.320. The number of hydrogen-bond donors (Lipinski definition) is 4. The minimum atomic E-state index is -1.10. The predicted octanol–water partition coefficient (Wildman–Crippen LogP) is 1.09. The van der Waals surface area contributed by atoms with E-state index in [1.54, 1.807) is 25.4 Å². The molecule has 3 aromatic rings. The molecule has 8 heteroatoms. The third-order valence-electron chi connectivity index (χ3n) is 4.24. The van der Waals surface area contributed by atoms with Gasteiger partial charge in [-0.25, -0.2) is 9.97 Å². The Balaban J connectivity index is 0.000000157. The van der Waals surface area contributed by atoms with Gasteiger partial charge in [0.2, 0.25) is 0 Å². The van der Waals surface area contributed by atoms with E-state index < -0.39 is 30.5 Å². The van der Waals surface area contributed by atoms with Crippen molar-refractivity contribution in [3.63, 3.8) is 0 Å². The van der Waals surface area contributed by atoms with Crippen molar-refractivity contribution >= 4 is 11.0 Å². The first-order chi connectivity index (χ1) is 12.0. The van der Waals surface area contributed by atoms with Crippen LogP contribution in [0.4, 0.5) is 0 Å². The second kappa shape index (κ2) is 7.32. The zero-order valence-corrected chi connectivity index (χ0v) is 13.9. The van der Waals surface area contributed by atoms with Crippen LogP contribution < -0.4 is 0 Å². The maximum atomic E-state index is 9.83. The maximum Gasteiger partial charge on any atom is 0.140 e. The Hall–Kier alpha value is -2.26. The molecule has 1 aliphatic rings. The average molecular weight is 347 g/mol. The Kier molecular flexibility index (Phi) is 5.14. The fraction of sp³-hybridized carbons (Fsp3) is 0.412. The van der Waals surface area contributed by atoms with Gasteiger partial charge in [0.25, 0.3) is 0 Å². The lowest BCUT2D eigenvalue weighted by molar-refractivity contribution is -0.0706. The highest BCUT2D eigenvalue weighted by Crippen LogP contribution is 2.30. The van der Waals surface area contributed by atoms with Crippen molar-refractivity contribution in [3.8, 4) is 0 Å². The van der Waals surface area contributed by atoms with Crippen LogP contribution in [-0.2, 0) is 4.74 Å². The molecule has 0 amide bonds. The van der Waals surface area contributed by atoms with Crippen molar-refractivity contribution in [3.05, 3.63) is 48.4 Å². The van der Waals surface area contributed by atoms with Crippen LogP contribution in [0, 0.1) is 6.92 Å². The van der Waals surface area contributed by atoms with Gasteiger partial charge in [0.1, 0.15) is 42.2 Å². The fourth-order valence-corrected chi connectivity index (χ4v) is 2.77. The third kappa shape index (κ3) is 3.57. The Morgan fingerprint density at radius 3 is 2.60 bits per heavy atom. The zero-order valence-electron chi connectivity index (χ0n) is 13.9. The molecule has 0 aromatic carbocycles. The normalized spacial score (nSPS) is 27.1. The fourth-order valence-electron chi connectivity index (χ4n) is 2.77. The number of rotatable bonds is 2. The van der Waals surface area contributed by atoms with Crippen molar-refractivity contribution in [2.45, 2.75) is 44.4 Å². The summed E-state index contributed by atoms with van der Waals surface area (Å²) in [7, 11) is 0. The average Bonchev–Trinajstić information content (AvgIpc) is 3.33. The van der Waals surface area contributed by atoms with Crippen molar-refractivity contribution in [1.82, 2.24) is 15.0 Å². The van der Waals surface area contributed by atoms with Crippen molar-refractivity contribution in [1.29, 1.82) is 0 Å². The molecule has 0 radical (unpaired) electrons. The number of furan rings is 1. The SMILES string of the molecule is C[C@@H]1O[C@H]([C@@H](O)c2ccco2)[C@@H](O)[C@H]1O.Cc1ncnc2[nH]ccc12. The summed E-state index contributed by atoms with van der Waals surface area (Å²) in [5.41, 5.74) is 1.93. The minimum Gasteiger partial charge on any atom is -0.466 e. The molecule has 134 valence electrons. The predicted molar refractivity (Wildman–Crippen MR) is 88.6 cm³/mol. The van der Waals surface area contributed by atoms with Crippen LogP contribution >= 0.6 is 0 Å². The molecule has 0 unspecified atom stereocenters. The monoisotopic (exact) mass is 347 g/mol. The topological polar surface area (TPSA) is 125 Å². The van der Waals surface area contributed by atoms with Gasteiger partial charge in [-0.3, -0.25) is 0 Å². The molecule has 25 heavy (non-hydrogen) atoms. The Labute approximate surface area is 144 Å². The minimum absolute atomic E-state index is 0.320. The summed E-state index contributed by atoms with van der Waals surface area (Å²) in [6, 6.07) is 5.21. The van der Waals surface area contributed by atoms with Gasteiger partial charge in [-0.1, -0.05) is 0 Å². The van der Waals surface area contributed by atoms with Gasteiger partial charge in [-0.2, -0.15) is 0 Å². The highest BCUT2D eigenvalue weighted by atomic mass is 16.6. The Morgan fingerprint density at radius 1 is 1.20 bits per heavy atom. The molecule has 0 saturated carbocycles. The number of nitrogens with one attached hydrogen (secondary N) is 1. The molecule has 1 aliphatic heterocycles. The van der Waals surface area contributed by atoms with E-state index in [0.717, 1.165) is 16.7 Å². The number of aliphatic hydroxyl groups excluding tert-OH is 3. The molecule has 4 N–H and O–H groups in total. The summed E-state index contributed by atoms with van der Waals surface area (Å²) in [6.45, 7) is 3.61. The first-order valence-corrected chi connectivity index (χ1v) is 7.96. The van der Waals surface area contributed by atoms with Crippen LogP contribution in [0.3, 0.4) is 0 Å². The molecule has 3 aromatic heterocycles. The quantitative estimate of drug-likeness (QED) is 0.547. The van der Waals surface area contributed by atoms with E-state index in [2.05, 4.69) is 15.0 Å². The number of hydrogen-bond acceptors (Lipinski definition) is 7. The Bertz CT molecular complexity index is 804. The van der Waals surface area contributed by atoms with Crippen molar-refractivity contribution in [2.75, 3.05) is 0 Å². The molecular formula is C17H21N3O5. The van der Waals surface area contributed by atoms with Gasteiger partial charge in [0, 0.05) is 11.6 Å². The molecule has 0 bridgehead atoms. The number of aliphatic hydroxyl groups is 3. The van der Waals surface area contributed by atoms with E-state index >= 15 is 0 Å². The lowest BCUT2D eigenvalue weighted by Crippen LogP contribution is -2.34. The molecule has 0 aliphatic carbocycles. The maximum absolute atomic E-state index is 9.83. The van der Waals surface area contributed by atoms with E-state index in [4.69, 9.17) is 9.15 Å². The largest absolute Gasteiger partial charge is 0.466 e. The first-order valence-electron chi connectivity index (χ1n) is 7.96. The summed E-state index contributed by atoms with van der Waals surface area (Å²) in [6.07, 6.45) is 0.394. The van der Waals surface area contributed by atoms with Crippen LogP contribution in [0.1, 0.15) is 24.5 Å². The summed E-state index contributed by atoms with van der Waals surface area (Å²) in [5, 5.41) is 30.0. The van der Waals surface area contributed by atoms with Gasteiger partial charge >= 0.3 is 0 Å². The van der Waals surface area contributed by atoms with E-state index in [1.807, 2.05) is 19.2 Å². The highest BCUT2D eigenvalue weighted by molar-refractivity contribution is 5.77. The number of nitrogens with zero attached hydrogens (tertiary/aromatic N) is 2. The van der Waals surface area contributed by atoms with Crippen LogP contribution in [0.25, 0.3) is 11.0 Å². The van der Waals surface area contributed by atoms with Gasteiger partial charge in [-0.15, -0.1) is 0 Å². The van der Waals surface area contributed by atoms with Crippen LogP contribution in [0.15, 0.2) is 41.4 Å². The number of aryl methyl sites for hydroxylation is 1. The molecular weight excluding hydrogens is 326 g/mol. The number of H-pyrrole nitrogens is 1. The molecule has 8 nitrogen and oxygen atoms in total. The molecule has 5 atom stereocenters. The van der Waals surface area contributed by atoms with Gasteiger partial charge in [0.15, 0.2) is 0 Å². The smallest absolute Gasteiger partial charge is 0.140 e. The number of ether oxygens (including phenoxy) is 1.